The summed E-state index contributed by atoms with van der Waals surface area (Å²) in [5.41, 5.74) is -0.455. The van der Waals surface area contributed by atoms with E-state index >= 15 is 0 Å². The van der Waals surface area contributed by atoms with E-state index in [2.05, 4.69) is 0 Å². The number of rotatable bonds is 1. The second-order valence-electron chi connectivity index (χ2n) is 4.05. The first-order chi connectivity index (χ1) is 5.22. The monoisotopic (exact) mass is 210 g/mol. The Morgan fingerprint density at radius 1 is 1.50 bits per heavy atom. The molecule has 1 fully saturated rings. The number of carbonyl (C=O) groups is 1. The minimum absolute atomic E-state index is 0.299. The van der Waals surface area contributed by atoms with Crippen molar-refractivity contribution < 1.29 is 9.53 Å². The largest absolute Gasteiger partial charge is 0.460 e. The summed E-state index contributed by atoms with van der Waals surface area (Å²) < 4.78 is 4.22. The first kappa shape index (κ1) is 10.1. The van der Waals surface area contributed by atoms with Gasteiger partial charge in [0.05, 0.1) is 5.92 Å². The summed E-state index contributed by atoms with van der Waals surface area (Å²) in [5.74, 6) is -0.632. The molecule has 0 unspecified atom stereocenters. The summed E-state index contributed by atoms with van der Waals surface area (Å²) in [6, 6.07) is 0. The van der Waals surface area contributed by atoms with Crippen LogP contribution < -0.4 is 0 Å². The topological polar surface area (TPSA) is 26.3 Å². The fourth-order valence-corrected chi connectivity index (χ4v) is 1.33. The lowest BCUT2D eigenvalue weighted by Gasteiger charge is -2.19. The smallest absolute Gasteiger partial charge is 0.312 e. The summed E-state index contributed by atoms with van der Waals surface area (Å²) in [6.45, 7) is 5.45. The van der Waals surface area contributed by atoms with E-state index in [0.29, 0.717) is 6.42 Å². The van der Waals surface area contributed by atoms with Crippen molar-refractivity contribution in [1.29, 1.82) is 0 Å². The van der Waals surface area contributed by atoms with E-state index < -0.39 is 9.93 Å². The van der Waals surface area contributed by atoms with Crippen LogP contribution in [0.3, 0.4) is 0 Å². The van der Waals surface area contributed by atoms with E-state index in [-0.39, 0.29) is 11.9 Å². The summed E-state index contributed by atoms with van der Waals surface area (Å²) in [7, 11) is 0. The van der Waals surface area contributed by atoms with Gasteiger partial charge in [0.15, 0.2) is 0 Å². The van der Waals surface area contributed by atoms with Crippen LogP contribution in [0.1, 0.15) is 27.2 Å². The molecule has 1 aliphatic rings. The highest BCUT2D eigenvalue weighted by molar-refractivity contribution is 6.52. The van der Waals surface area contributed by atoms with E-state index in [1.165, 1.54) is 0 Å². The van der Waals surface area contributed by atoms with Crippen LogP contribution in [-0.2, 0) is 9.53 Å². The summed E-state index contributed by atoms with van der Waals surface area (Å²) in [6.07, 6.45) is 0.505. The second kappa shape index (κ2) is 2.78. The number of halogens is 2. The van der Waals surface area contributed by atoms with Gasteiger partial charge in [-0.1, -0.05) is 0 Å². The highest BCUT2D eigenvalue weighted by Crippen LogP contribution is 2.53. The van der Waals surface area contributed by atoms with Gasteiger partial charge in [-0.15, -0.1) is 23.2 Å². The Balaban J connectivity index is 2.42. The van der Waals surface area contributed by atoms with Crippen LogP contribution in [0.25, 0.3) is 0 Å². The van der Waals surface area contributed by atoms with Gasteiger partial charge in [-0.3, -0.25) is 4.79 Å². The van der Waals surface area contributed by atoms with Gasteiger partial charge in [-0.2, -0.15) is 0 Å². The molecule has 0 radical (unpaired) electrons. The van der Waals surface area contributed by atoms with Crippen LogP contribution in [0.2, 0.25) is 0 Å². The molecule has 0 aliphatic heterocycles. The zero-order valence-electron chi connectivity index (χ0n) is 7.36. The Hall–Kier alpha value is 0.0500. The van der Waals surface area contributed by atoms with Crippen molar-refractivity contribution in [2.75, 3.05) is 0 Å². The van der Waals surface area contributed by atoms with E-state index in [1.54, 1.807) is 0 Å². The Kier molecular flexibility index (Phi) is 2.34. The van der Waals surface area contributed by atoms with Crippen molar-refractivity contribution in [3.8, 4) is 0 Å². The Morgan fingerprint density at radius 3 is 2.17 bits per heavy atom. The van der Waals surface area contributed by atoms with Gasteiger partial charge in [-0.05, 0) is 27.2 Å². The molecule has 1 saturated carbocycles. The van der Waals surface area contributed by atoms with Crippen molar-refractivity contribution in [3.05, 3.63) is 0 Å². The minimum atomic E-state index is -0.873. The highest BCUT2D eigenvalue weighted by Gasteiger charge is 2.58. The maximum Gasteiger partial charge on any atom is 0.312 e. The number of esters is 1. The van der Waals surface area contributed by atoms with Crippen LogP contribution in [0.4, 0.5) is 0 Å². The number of alkyl halides is 2. The third-order valence-corrected chi connectivity index (χ3v) is 2.35. The molecule has 70 valence electrons. The fraction of sp³-hybridized carbons (Fsp3) is 0.875. The maximum absolute atomic E-state index is 11.2. The molecule has 0 aromatic carbocycles. The molecule has 4 heteroatoms. The van der Waals surface area contributed by atoms with E-state index in [4.69, 9.17) is 27.9 Å². The molecule has 0 N–H and O–H groups in total. The number of ether oxygens (including phenoxy) is 1. The quantitative estimate of drug-likeness (QED) is 0.492. The molecule has 0 heterocycles. The predicted octanol–water partition coefficient (Wildman–Crippen LogP) is 2.52. The van der Waals surface area contributed by atoms with Gasteiger partial charge in [0.1, 0.15) is 9.93 Å². The van der Waals surface area contributed by atoms with Crippen LogP contribution in [0.5, 0.6) is 0 Å². The van der Waals surface area contributed by atoms with E-state index in [1.807, 2.05) is 20.8 Å². The molecule has 0 amide bonds. The van der Waals surface area contributed by atoms with Crippen molar-refractivity contribution in [2.24, 2.45) is 5.92 Å². The molecule has 0 saturated heterocycles. The second-order valence-corrected chi connectivity index (χ2v) is 5.59. The molecule has 0 bridgehead atoms. The molecular weight excluding hydrogens is 199 g/mol. The van der Waals surface area contributed by atoms with Gasteiger partial charge in [0.2, 0.25) is 0 Å². The van der Waals surface area contributed by atoms with Crippen LogP contribution >= 0.6 is 23.2 Å². The molecule has 12 heavy (non-hydrogen) atoms. The van der Waals surface area contributed by atoms with Gasteiger partial charge in [-0.25, -0.2) is 0 Å². The Labute approximate surface area is 82.2 Å². The molecule has 2 nitrogen and oxygen atoms in total. The normalized spacial score (nSPS) is 26.6. The van der Waals surface area contributed by atoms with Crippen molar-refractivity contribution >= 4 is 29.2 Å². The van der Waals surface area contributed by atoms with Crippen molar-refractivity contribution in [2.45, 2.75) is 37.1 Å². The van der Waals surface area contributed by atoms with Gasteiger partial charge < -0.3 is 4.74 Å². The lowest BCUT2D eigenvalue weighted by molar-refractivity contribution is -0.156. The molecule has 0 aromatic rings. The highest BCUT2D eigenvalue weighted by atomic mass is 35.5. The summed E-state index contributed by atoms with van der Waals surface area (Å²) in [4.78, 5) is 11.2. The molecule has 0 aromatic heterocycles. The zero-order chi connectivity index (χ0) is 9.57. The van der Waals surface area contributed by atoms with Crippen molar-refractivity contribution in [1.82, 2.24) is 0 Å². The van der Waals surface area contributed by atoms with Crippen LogP contribution in [0, 0.1) is 5.92 Å². The summed E-state index contributed by atoms with van der Waals surface area (Å²) in [5, 5.41) is 0. The number of hydrogen-bond donors (Lipinski definition) is 0. The van der Waals surface area contributed by atoms with E-state index in [0.717, 1.165) is 0 Å². The van der Waals surface area contributed by atoms with Crippen molar-refractivity contribution in [3.63, 3.8) is 0 Å². The average molecular weight is 211 g/mol. The molecular formula is C8H12Cl2O2. The van der Waals surface area contributed by atoms with Gasteiger partial charge in [0, 0.05) is 0 Å². The molecule has 1 rings (SSSR count). The maximum atomic E-state index is 11.2. The average Bonchev–Trinajstić information content (AvgIpc) is 2.35. The first-order valence-corrected chi connectivity index (χ1v) is 4.59. The fourth-order valence-electron chi connectivity index (χ4n) is 0.842. The SMILES string of the molecule is CC(C)(C)OC(=O)[C@@H]1CC1(Cl)Cl. The number of hydrogen-bond acceptors (Lipinski definition) is 2. The predicted molar refractivity (Wildman–Crippen MR) is 48.4 cm³/mol. The van der Waals surface area contributed by atoms with Gasteiger partial charge >= 0.3 is 5.97 Å². The number of carbonyl (C=O) groups excluding carboxylic acids is 1. The third-order valence-electron chi connectivity index (χ3n) is 1.52. The Morgan fingerprint density at radius 2 is 1.92 bits per heavy atom. The Bertz CT molecular complexity index is 206. The van der Waals surface area contributed by atoms with E-state index in [9.17, 15) is 4.79 Å². The zero-order valence-corrected chi connectivity index (χ0v) is 8.87. The minimum Gasteiger partial charge on any atom is -0.460 e. The first-order valence-electron chi connectivity index (χ1n) is 3.83. The standard InChI is InChI=1S/C8H12Cl2O2/c1-7(2,3)12-6(11)5-4-8(5,9)10/h5H,4H2,1-3H3/t5-/m0/s1. The van der Waals surface area contributed by atoms with Crippen LogP contribution in [0.15, 0.2) is 0 Å². The van der Waals surface area contributed by atoms with Crippen LogP contribution in [-0.4, -0.2) is 15.9 Å². The molecule has 1 atom stereocenters. The third kappa shape index (κ3) is 2.53. The lowest BCUT2D eigenvalue weighted by Crippen LogP contribution is -2.25. The summed E-state index contributed by atoms with van der Waals surface area (Å²) >= 11 is 11.4. The van der Waals surface area contributed by atoms with Gasteiger partial charge in [0.25, 0.3) is 0 Å². The molecule has 0 spiro atoms. The molecule has 1 aliphatic carbocycles. The lowest BCUT2D eigenvalue weighted by atomic mass is 10.2.